The predicted molar refractivity (Wildman–Crippen MR) is 76.1 cm³/mol. The van der Waals surface area contributed by atoms with Crippen molar-refractivity contribution in [2.24, 2.45) is 0 Å². The number of aliphatic hydroxyl groups excluding tert-OH is 1. The zero-order valence-electron chi connectivity index (χ0n) is 12.1. The molecule has 0 radical (unpaired) electrons. The Hall–Kier alpha value is -1.06. The number of hydrogen-bond acceptors (Lipinski definition) is 3. The van der Waals surface area contributed by atoms with Gasteiger partial charge in [0, 0.05) is 12.2 Å². The minimum absolute atomic E-state index is 0.207. The number of aliphatic hydroxyl groups is 1. The van der Waals surface area contributed by atoms with E-state index in [0.717, 1.165) is 5.69 Å². The van der Waals surface area contributed by atoms with E-state index in [4.69, 9.17) is 4.74 Å². The number of nitrogens with one attached hydrogen (secondary N) is 1. The van der Waals surface area contributed by atoms with Crippen molar-refractivity contribution in [2.75, 3.05) is 18.5 Å². The molecule has 1 unspecified atom stereocenters. The number of aryl methyl sites for hydroxylation is 2. The third-order valence-corrected chi connectivity index (χ3v) is 2.76. The van der Waals surface area contributed by atoms with Crippen molar-refractivity contribution in [1.82, 2.24) is 0 Å². The Morgan fingerprint density at radius 1 is 1.22 bits per heavy atom. The van der Waals surface area contributed by atoms with Gasteiger partial charge in [0.25, 0.3) is 0 Å². The van der Waals surface area contributed by atoms with Gasteiger partial charge in [-0.3, -0.25) is 0 Å². The summed E-state index contributed by atoms with van der Waals surface area (Å²) in [4.78, 5) is 0. The summed E-state index contributed by atoms with van der Waals surface area (Å²) in [5, 5.41) is 13.0. The van der Waals surface area contributed by atoms with E-state index in [1.807, 2.05) is 26.8 Å². The fraction of sp³-hybridized carbons (Fsp3) is 0.600. The molecule has 1 rings (SSSR count). The highest BCUT2D eigenvalue weighted by molar-refractivity contribution is 5.48. The maximum atomic E-state index is 9.81. The molecule has 1 aromatic rings. The Kier molecular flexibility index (Phi) is 5.17. The van der Waals surface area contributed by atoms with Crippen LogP contribution in [0.3, 0.4) is 0 Å². The number of benzene rings is 1. The molecule has 0 amide bonds. The van der Waals surface area contributed by atoms with Gasteiger partial charge in [0.05, 0.1) is 18.3 Å². The number of anilines is 1. The molecule has 0 bridgehead atoms. The van der Waals surface area contributed by atoms with E-state index in [2.05, 4.69) is 31.3 Å². The predicted octanol–water partition coefficient (Wildman–Crippen LogP) is 2.89. The minimum Gasteiger partial charge on any atom is -0.389 e. The number of hydrogen-bond donors (Lipinski definition) is 2. The van der Waals surface area contributed by atoms with Crippen LogP contribution >= 0.6 is 0 Å². The Balaban J connectivity index is 2.38. The molecule has 0 fully saturated rings. The highest BCUT2D eigenvalue weighted by Gasteiger charge is 2.13. The summed E-state index contributed by atoms with van der Waals surface area (Å²) in [6, 6.07) is 6.20. The van der Waals surface area contributed by atoms with E-state index >= 15 is 0 Å². The summed E-state index contributed by atoms with van der Waals surface area (Å²) < 4.78 is 5.53. The summed E-state index contributed by atoms with van der Waals surface area (Å²) in [7, 11) is 0. The van der Waals surface area contributed by atoms with Gasteiger partial charge in [-0.15, -0.1) is 0 Å². The summed E-state index contributed by atoms with van der Waals surface area (Å²) in [6.45, 7) is 11.0. The van der Waals surface area contributed by atoms with E-state index in [1.54, 1.807) is 0 Å². The monoisotopic (exact) mass is 251 g/mol. The lowest BCUT2D eigenvalue weighted by atomic mass is 10.1. The standard InChI is InChI=1S/C15H25NO2/c1-11-6-7-13(8-12(11)2)16-9-14(17)10-18-15(3,4)5/h6-8,14,16-17H,9-10H2,1-5H3. The average molecular weight is 251 g/mol. The van der Waals surface area contributed by atoms with Crippen molar-refractivity contribution < 1.29 is 9.84 Å². The molecule has 102 valence electrons. The highest BCUT2D eigenvalue weighted by atomic mass is 16.5. The minimum atomic E-state index is -0.495. The van der Waals surface area contributed by atoms with Gasteiger partial charge >= 0.3 is 0 Å². The third kappa shape index (κ3) is 5.52. The second-order valence-corrected chi connectivity index (χ2v) is 5.76. The van der Waals surface area contributed by atoms with Crippen LogP contribution in [0.4, 0.5) is 5.69 Å². The Labute approximate surface area is 110 Å². The fourth-order valence-corrected chi connectivity index (χ4v) is 1.49. The van der Waals surface area contributed by atoms with Gasteiger partial charge < -0.3 is 15.2 Å². The maximum Gasteiger partial charge on any atom is 0.0945 e. The molecule has 0 aromatic heterocycles. The average Bonchev–Trinajstić information content (AvgIpc) is 2.27. The molecule has 1 atom stereocenters. The molecule has 0 heterocycles. The lowest BCUT2D eigenvalue weighted by molar-refractivity contribution is -0.0449. The van der Waals surface area contributed by atoms with Crippen LogP contribution in [-0.2, 0) is 4.74 Å². The zero-order chi connectivity index (χ0) is 13.8. The van der Waals surface area contributed by atoms with E-state index in [1.165, 1.54) is 11.1 Å². The molecule has 0 aliphatic rings. The van der Waals surface area contributed by atoms with Gasteiger partial charge in [0.1, 0.15) is 0 Å². The molecule has 3 nitrogen and oxygen atoms in total. The summed E-state index contributed by atoms with van der Waals surface area (Å²) in [6.07, 6.45) is -0.495. The van der Waals surface area contributed by atoms with Gasteiger partial charge in [-0.1, -0.05) is 6.07 Å². The van der Waals surface area contributed by atoms with Crippen molar-refractivity contribution >= 4 is 5.69 Å². The summed E-state index contributed by atoms with van der Waals surface area (Å²) >= 11 is 0. The number of ether oxygens (including phenoxy) is 1. The number of rotatable bonds is 5. The smallest absolute Gasteiger partial charge is 0.0945 e. The Morgan fingerprint density at radius 3 is 2.44 bits per heavy atom. The normalized spacial score (nSPS) is 13.4. The van der Waals surface area contributed by atoms with Crippen LogP contribution in [0.5, 0.6) is 0 Å². The largest absolute Gasteiger partial charge is 0.389 e. The van der Waals surface area contributed by atoms with E-state index in [0.29, 0.717) is 13.2 Å². The first-order valence-electron chi connectivity index (χ1n) is 6.41. The molecule has 1 aromatic carbocycles. The van der Waals surface area contributed by atoms with Crippen molar-refractivity contribution in [1.29, 1.82) is 0 Å². The quantitative estimate of drug-likeness (QED) is 0.845. The van der Waals surface area contributed by atoms with Crippen molar-refractivity contribution in [3.05, 3.63) is 29.3 Å². The molecular formula is C15H25NO2. The van der Waals surface area contributed by atoms with Crippen molar-refractivity contribution in [3.63, 3.8) is 0 Å². The highest BCUT2D eigenvalue weighted by Crippen LogP contribution is 2.14. The molecule has 18 heavy (non-hydrogen) atoms. The van der Waals surface area contributed by atoms with Gasteiger partial charge in [0.2, 0.25) is 0 Å². The lowest BCUT2D eigenvalue weighted by Gasteiger charge is -2.22. The van der Waals surface area contributed by atoms with Crippen LogP contribution < -0.4 is 5.32 Å². The van der Waals surface area contributed by atoms with Crippen LogP contribution in [0.2, 0.25) is 0 Å². The zero-order valence-corrected chi connectivity index (χ0v) is 12.1. The first-order chi connectivity index (χ1) is 8.28. The molecule has 0 aliphatic carbocycles. The third-order valence-electron chi connectivity index (χ3n) is 2.76. The van der Waals surface area contributed by atoms with E-state index in [9.17, 15) is 5.11 Å². The van der Waals surface area contributed by atoms with Gasteiger partial charge in [-0.05, 0) is 57.9 Å². The Morgan fingerprint density at radius 2 is 1.89 bits per heavy atom. The van der Waals surface area contributed by atoms with Crippen LogP contribution in [0.25, 0.3) is 0 Å². The molecular weight excluding hydrogens is 226 g/mol. The van der Waals surface area contributed by atoms with Crippen molar-refractivity contribution in [2.45, 2.75) is 46.3 Å². The molecule has 2 N–H and O–H groups in total. The van der Waals surface area contributed by atoms with Crippen LogP contribution in [0, 0.1) is 13.8 Å². The van der Waals surface area contributed by atoms with Crippen LogP contribution in [-0.4, -0.2) is 30.0 Å². The SMILES string of the molecule is Cc1ccc(NCC(O)COC(C)(C)C)cc1C. The van der Waals surface area contributed by atoms with E-state index < -0.39 is 6.10 Å². The first-order valence-corrected chi connectivity index (χ1v) is 6.41. The second-order valence-electron chi connectivity index (χ2n) is 5.76. The van der Waals surface area contributed by atoms with Gasteiger partial charge in [-0.25, -0.2) is 0 Å². The lowest BCUT2D eigenvalue weighted by Crippen LogP contribution is -2.30. The molecule has 0 saturated heterocycles. The molecule has 3 heteroatoms. The van der Waals surface area contributed by atoms with Gasteiger partial charge in [-0.2, -0.15) is 0 Å². The second kappa shape index (κ2) is 6.21. The Bertz CT molecular complexity index is 383. The maximum absolute atomic E-state index is 9.81. The van der Waals surface area contributed by atoms with Crippen LogP contribution in [0.1, 0.15) is 31.9 Å². The topological polar surface area (TPSA) is 41.5 Å². The fourth-order valence-electron chi connectivity index (χ4n) is 1.49. The summed E-state index contributed by atoms with van der Waals surface area (Å²) in [5.41, 5.74) is 3.35. The van der Waals surface area contributed by atoms with Crippen molar-refractivity contribution in [3.8, 4) is 0 Å². The summed E-state index contributed by atoms with van der Waals surface area (Å²) in [5.74, 6) is 0. The molecule has 0 saturated carbocycles. The van der Waals surface area contributed by atoms with E-state index in [-0.39, 0.29) is 5.60 Å². The van der Waals surface area contributed by atoms with Gasteiger partial charge in [0.15, 0.2) is 0 Å². The molecule has 0 aliphatic heterocycles. The first kappa shape index (κ1) is 15.0. The molecule has 0 spiro atoms. The van der Waals surface area contributed by atoms with Crippen LogP contribution in [0.15, 0.2) is 18.2 Å².